The summed E-state index contributed by atoms with van der Waals surface area (Å²) in [6, 6.07) is 0. The zero-order valence-corrected chi connectivity index (χ0v) is 11.6. The molecular weight excluding hydrogens is 168 g/mol. The van der Waals surface area contributed by atoms with E-state index in [4.69, 9.17) is 0 Å². The highest BCUT2D eigenvalue weighted by molar-refractivity contribution is 6.58. The fourth-order valence-corrected chi connectivity index (χ4v) is 8.27. The predicted molar refractivity (Wildman–Crippen MR) is 58.5 cm³/mol. The van der Waals surface area contributed by atoms with Crippen molar-refractivity contribution in [1.82, 2.24) is 9.13 Å². The second-order valence-electron chi connectivity index (χ2n) is 4.64. The fourth-order valence-electron chi connectivity index (χ4n) is 1.76. The maximum absolute atomic E-state index is 2.42. The van der Waals surface area contributed by atoms with Crippen LogP contribution in [0.15, 0.2) is 0 Å². The van der Waals surface area contributed by atoms with Gasteiger partial charge >= 0.3 is 0 Å². The monoisotopic (exact) mass is 190 g/mol. The number of rotatable bonds is 4. The van der Waals surface area contributed by atoms with Crippen LogP contribution in [0.25, 0.3) is 0 Å². The lowest BCUT2D eigenvalue weighted by Crippen LogP contribution is -2.37. The van der Waals surface area contributed by atoms with Crippen molar-refractivity contribution in [3.05, 3.63) is 0 Å². The molecule has 0 aliphatic heterocycles. The summed E-state index contributed by atoms with van der Waals surface area (Å²) in [4.78, 5) is 0. The van der Waals surface area contributed by atoms with Crippen molar-refractivity contribution in [1.29, 1.82) is 0 Å². The van der Waals surface area contributed by atoms with E-state index in [9.17, 15) is 0 Å². The maximum Gasteiger partial charge on any atom is 0.0980 e. The van der Waals surface area contributed by atoms with Gasteiger partial charge in [-0.2, -0.15) is 0 Å². The van der Waals surface area contributed by atoms with Crippen LogP contribution in [0.3, 0.4) is 0 Å². The SMILES string of the molecule is CN(C)[SiH2]C(C)(C)[SiH2]N(C)C. The third-order valence-electron chi connectivity index (χ3n) is 1.49. The molecule has 0 unspecified atom stereocenters. The second kappa shape index (κ2) is 4.40. The topological polar surface area (TPSA) is 6.48 Å². The minimum absolute atomic E-state index is 0.0154. The van der Waals surface area contributed by atoms with Crippen LogP contribution in [0, 0.1) is 0 Å². The molecule has 0 rings (SSSR count). The Kier molecular flexibility index (Phi) is 4.54. The molecule has 4 heteroatoms. The van der Waals surface area contributed by atoms with Crippen molar-refractivity contribution in [2.75, 3.05) is 28.2 Å². The van der Waals surface area contributed by atoms with Crippen LogP contribution in [0.5, 0.6) is 0 Å². The van der Waals surface area contributed by atoms with Gasteiger partial charge in [0.15, 0.2) is 0 Å². The molecule has 0 bridgehead atoms. The van der Waals surface area contributed by atoms with Gasteiger partial charge in [0.05, 0.1) is 19.4 Å². The molecule has 0 radical (unpaired) electrons. The summed E-state index contributed by atoms with van der Waals surface area (Å²) in [5.41, 5.74) is 0. The molecule has 0 aliphatic rings. The molecule has 0 saturated heterocycles. The molecular formula is C7H22N2Si2. The van der Waals surface area contributed by atoms with Crippen LogP contribution in [0.1, 0.15) is 13.8 Å². The summed E-state index contributed by atoms with van der Waals surface area (Å²) in [7, 11) is 8.79. The van der Waals surface area contributed by atoms with Gasteiger partial charge in [-0.3, -0.25) is 0 Å². The number of hydrogen-bond donors (Lipinski definition) is 0. The molecule has 2 nitrogen and oxygen atoms in total. The molecule has 11 heavy (non-hydrogen) atoms. The number of nitrogens with zero attached hydrogens (tertiary/aromatic N) is 2. The van der Waals surface area contributed by atoms with Gasteiger partial charge in [-0.05, 0) is 32.9 Å². The van der Waals surface area contributed by atoms with Gasteiger partial charge in [0.1, 0.15) is 0 Å². The summed E-state index contributed by atoms with van der Waals surface area (Å²) in [6.45, 7) is 4.84. The van der Waals surface area contributed by atoms with Crippen molar-refractivity contribution in [2.24, 2.45) is 0 Å². The third kappa shape index (κ3) is 6.74. The van der Waals surface area contributed by atoms with E-state index in [0.29, 0.717) is 4.66 Å². The van der Waals surface area contributed by atoms with Crippen molar-refractivity contribution in [2.45, 2.75) is 18.5 Å². The number of hydrogen-bond acceptors (Lipinski definition) is 2. The van der Waals surface area contributed by atoms with E-state index < -0.39 is 0 Å². The summed E-state index contributed by atoms with van der Waals surface area (Å²) in [5.74, 6) is 0. The molecule has 0 heterocycles. The molecule has 0 spiro atoms. The van der Waals surface area contributed by atoms with E-state index in [1.807, 2.05) is 0 Å². The van der Waals surface area contributed by atoms with Crippen molar-refractivity contribution in [3.63, 3.8) is 0 Å². The van der Waals surface area contributed by atoms with Gasteiger partial charge in [-0.25, -0.2) is 0 Å². The molecule has 0 aromatic heterocycles. The van der Waals surface area contributed by atoms with Crippen molar-refractivity contribution >= 4 is 19.4 Å². The average Bonchev–Trinajstić information content (AvgIpc) is 1.53. The van der Waals surface area contributed by atoms with Gasteiger partial charge in [0, 0.05) is 0 Å². The smallest absolute Gasteiger partial charge is 0.0980 e. The molecule has 0 amide bonds. The lowest BCUT2D eigenvalue weighted by molar-refractivity contribution is 0.601. The van der Waals surface area contributed by atoms with E-state index in [2.05, 4.69) is 51.2 Å². The summed E-state index contributed by atoms with van der Waals surface area (Å²) in [6.07, 6.45) is 0. The van der Waals surface area contributed by atoms with E-state index >= 15 is 0 Å². The second-order valence-corrected chi connectivity index (χ2v) is 12.6. The summed E-state index contributed by atoms with van der Waals surface area (Å²) < 4.78 is 5.50. The molecule has 0 aromatic rings. The Morgan fingerprint density at radius 1 is 0.818 bits per heavy atom. The predicted octanol–water partition coefficient (Wildman–Crippen LogP) is -0.567. The molecule has 0 fully saturated rings. The van der Waals surface area contributed by atoms with E-state index in [-0.39, 0.29) is 19.4 Å². The average molecular weight is 190 g/mol. The van der Waals surface area contributed by atoms with Crippen LogP contribution in [0.2, 0.25) is 4.66 Å². The lowest BCUT2D eigenvalue weighted by Gasteiger charge is -2.29. The summed E-state index contributed by atoms with van der Waals surface area (Å²) >= 11 is 0. The minimum atomic E-state index is -0.0154. The van der Waals surface area contributed by atoms with Crippen molar-refractivity contribution < 1.29 is 0 Å². The fraction of sp³-hybridized carbons (Fsp3) is 1.00. The van der Waals surface area contributed by atoms with E-state index in [0.717, 1.165) is 0 Å². The Balaban J connectivity index is 3.79. The first-order valence-corrected chi connectivity index (χ1v) is 6.81. The van der Waals surface area contributed by atoms with E-state index in [1.165, 1.54) is 0 Å². The third-order valence-corrected chi connectivity index (χ3v) is 5.81. The highest BCUT2D eigenvalue weighted by Crippen LogP contribution is 2.20. The van der Waals surface area contributed by atoms with Crippen LogP contribution in [-0.4, -0.2) is 56.7 Å². The van der Waals surface area contributed by atoms with Crippen molar-refractivity contribution in [3.8, 4) is 0 Å². The quantitative estimate of drug-likeness (QED) is 0.548. The van der Waals surface area contributed by atoms with Gasteiger partial charge in [0.25, 0.3) is 0 Å². The highest BCUT2D eigenvalue weighted by Gasteiger charge is 2.20. The highest BCUT2D eigenvalue weighted by atomic mass is 28.3. The van der Waals surface area contributed by atoms with E-state index in [1.54, 1.807) is 0 Å². The van der Waals surface area contributed by atoms with Crippen LogP contribution in [-0.2, 0) is 0 Å². The molecule has 0 N–H and O–H groups in total. The van der Waals surface area contributed by atoms with Gasteiger partial charge in [-0.1, -0.05) is 13.8 Å². The Morgan fingerprint density at radius 2 is 1.09 bits per heavy atom. The molecule has 0 aliphatic carbocycles. The Labute approximate surface area is 75.8 Å². The molecule has 0 aromatic carbocycles. The molecule has 68 valence electrons. The largest absolute Gasteiger partial charge is 0.334 e. The van der Waals surface area contributed by atoms with Gasteiger partial charge < -0.3 is 9.13 Å². The van der Waals surface area contributed by atoms with Gasteiger partial charge in [-0.15, -0.1) is 0 Å². The Bertz CT molecular complexity index is 101. The Morgan fingerprint density at radius 3 is 1.27 bits per heavy atom. The zero-order valence-electron chi connectivity index (χ0n) is 8.81. The van der Waals surface area contributed by atoms with Crippen LogP contribution in [0.4, 0.5) is 0 Å². The van der Waals surface area contributed by atoms with Gasteiger partial charge in [0.2, 0.25) is 0 Å². The first-order chi connectivity index (χ1) is 4.83. The maximum atomic E-state index is 2.42. The molecule has 0 atom stereocenters. The lowest BCUT2D eigenvalue weighted by atomic mass is 10.5. The Hall–Kier alpha value is 0.354. The van der Waals surface area contributed by atoms with Crippen LogP contribution < -0.4 is 0 Å². The molecule has 0 saturated carbocycles. The zero-order chi connectivity index (χ0) is 9.07. The first kappa shape index (κ1) is 11.4. The first-order valence-electron chi connectivity index (χ1n) is 4.13. The standard InChI is InChI=1S/C7H22N2Si2/c1-7(2,10-8(3)4)11-9(5)6/h10-11H2,1-6H3. The summed E-state index contributed by atoms with van der Waals surface area (Å²) in [5, 5.41) is 0. The normalized spacial score (nSPS) is 15.3. The van der Waals surface area contributed by atoms with Crippen LogP contribution >= 0.6 is 0 Å². The minimum Gasteiger partial charge on any atom is -0.334 e.